The van der Waals surface area contributed by atoms with Gasteiger partial charge in [-0.05, 0) is 17.7 Å². The van der Waals surface area contributed by atoms with E-state index in [4.69, 9.17) is 19.9 Å². The summed E-state index contributed by atoms with van der Waals surface area (Å²) in [6, 6.07) is 5.50. The van der Waals surface area contributed by atoms with E-state index >= 15 is 0 Å². The number of nitrogens with two attached hydrogens (primary N) is 1. The molecule has 0 aliphatic rings. The van der Waals surface area contributed by atoms with Crippen LogP contribution in [0.15, 0.2) is 29.7 Å². The molecule has 0 saturated carbocycles. The van der Waals surface area contributed by atoms with E-state index in [9.17, 15) is 0 Å². The summed E-state index contributed by atoms with van der Waals surface area (Å²) in [5.41, 5.74) is 7.14. The standard InChI is InChI=1S/C15H18N4O4/c1-20-12-5-4-10(6-13(12)21-2)8-23-15-11(7-19-22-3)14(16)17-9-18-15/h4-7,9H,8H2,1-3H3,(H2,16,17,18)/b19-7-. The number of hydrogen-bond donors (Lipinski definition) is 1. The summed E-state index contributed by atoms with van der Waals surface area (Å²) in [6.07, 6.45) is 2.72. The van der Waals surface area contributed by atoms with Crippen LogP contribution in [0.3, 0.4) is 0 Å². The maximum Gasteiger partial charge on any atom is 0.228 e. The molecule has 1 aromatic heterocycles. The lowest BCUT2D eigenvalue weighted by atomic mass is 10.2. The fraction of sp³-hybridized carbons (Fsp3) is 0.267. The third-order valence-electron chi connectivity index (χ3n) is 2.99. The normalized spacial score (nSPS) is 10.6. The Kier molecular flexibility index (Phi) is 5.56. The van der Waals surface area contributed by atoms with Crippen LogP contribution in [0.25, 0.3) is 0 Å². The number of ether oxygens (including phenoxy) is 3. The molecule has 0 saturated heterocycles. The lowest BCUT2D eigenvalue weighted by Gasteiger charge is -2.11. The van der Waals surface area contributed by atoms with Crippen LogP contribution in [0.2, 0.25) is 0 Å². The van der Waals surface area contributed by atoms with Crippen LogP contribution in [0.5, 0.6) is 17.4 Å². The lowest BCUT2D eigenvalue weighted by Crippen LogP contribution is -2.05. The molecular weight excluding hydrogens is 300 g/mol. The molecule has 8 heteroatoms. The van der Waals surface area contributed by atoms with E-state index in [1.54, 1.807) is 20.3 Å². The molecule has 122 valence electrons. The Labute approximate surface area is 133 Å². The van der Waals surface area contributed by atoms with Gasteiger partial charge in [0.05, 0.1) is 20.4 Å². The van der Waals surface area contributed by atoms with Crippen molar-refractivity contribution in [2.75, 3.05) is 27.1 Å². The summed E-state index contributed by atoms with van der Waals surface area (Å²) in [6.45, 7) is 0.268. The molecule has 1 aromatic carbocycles. The van der Waals surface area contributed by atoms with Gasteiger partial charge in [-0.25, -0.2) is 9.97 Å². The third-order valence-corrected chi connectivity index (χ3v) is 2.99. The van der Waals surface area contributed by atoms with Gasteiger partial charge in [0.25, 0.3) is 0 Å². The molecular formula is C15H18N4O4. The zero-order valence-electron chi connectivity index (χ0n) is 13.1. The van der Waals surface area contributed by atoms with Crippen molar-refractivity contribution in [3.8, 4) is 17.4 Å². The van der Waals surface area contributed by atoms with Gasteiger partial charge < -0.3 is 24.8 Å². The van der Waals surface area contributed by atoms with Gasteiger partial charge in [0.1, 0.15) is 31.4 Å². The molecule has 8 nitrogen and oxygen atoms in total. The van der Waals surface area contributed by atoms with E-state index in [2.05, 4.69) is 20.0 Å². The van der Waals surface area contributed by atoms with Crippen molar-refractivity contribution < 1.29 is 19.0 Å². The molecule has 2 N–H and O–H groups in total. The van der Waals surface area contributed by atoms with Gasteiger partial charge in [0.15, 0.2) is 11.5 Å². The van der Waals surface area contributed by atoms with E-state index in [0.717, 1.165) is 5.56 Å². The molecule has 0 bridgehead atoms. The smallest absolute Gasteiger partial charge is 0.228 e. The molecule has 1 heterocycles. The minimum Gasteiger partial charge on any atom is -0.493 e. The van der Waals surface area contributed by atoms with E-state index in [1.165, 1.54) is 19.7 Å². The molecule has 0 radical (unpaired) electrons. The van der Waals surface area contributed by atoms with Crippen LogP contribution in [0, 0.1) is 0 Å². The zero-order chi connectivity index (χ0) is 16.7. The molecule has 0 aliphatic carbocycles. The quantitative estimate of drug-likeness (QED) is 0.611. The van der Waals surface area contributed by atoms with Crippen LogP contribution < -0.4 is 19.9 Å². The number of nitrogens with zero attached hydrogens (tertiary/aromatic N) is 3. The van der Waals surface area contributed by atoms with Gasteiger partial charge in [-0.3, -0.25) is 0 Å². The first kappa shape index (κ1) is 16.3. The first-order chi connectivity index (χ1) is 11.2. The van der Waals surface area contributed by atoms with Gasteiger partial charge in [-0.2, -0.15) is 0 Å². The van der Waals surface area contributed by atoms with Crippen molar-refractivity contribution in [2.45, 2.75) is 6.61 Å². The summed E-state index contributed by atoms with van der Waals surface area (Å²) in [5.74, 6) is 1.84. The second-order valence-corrected chi connectivity index (χ2v) is 4.37. The van der Waals surface area contributed by atoms with E-state index in [1.807, 2.05) is 12.1 Å². The second-order valence-electron chi connectivity index (χ2n) is 4.37. The summed E-state index contributed by atoms with van der Waals surface area (Å²) in [5, 5.41) is 3.67. The highest BCUT2D eigenvalue weighted by atomic mass is 16.6. The molecule has 0 spiro atoms. The largest absolute Gasteiger partial charge is 0.493 e. The number of rotatable bonds is 7. The predicted octanol–water partition coefficient (Wildman–Crippen LogP) is 1.64. The molecule has 0 fully saturated rings. The Morgan fingerprint density at radius 2 is 1.91 bits per heavy atom. The fourth-order valence-electron chi connectivity index (χ4n) is 1.86. The van der Waals surface area contributed by atoms with Crippen molar-refractivity contribution in [1.29, 1.82) is 0 Å². The molecule has 2 rings (SSSR count). The summed E-state index contributed by atoms with van der Waals surface area (Å²) in [7, 11) is 4.59. The van der Waals surface area contributed by atoms with Gasteiger partial charge in [0.2, 0.25) is 5.88 Å². The van der Waals surface area contributed by atoms with Crippen molar-refractivity contribution >= 4 is 12.0 Å². The number of hydrogen-bond acceptors (Lipinski definition) is 8. The second kappa shape index (κ2) is 7.83. The van der Waals surface area contributed by atoms with Crippen LogP contribution in [-0.4, -0.2) is 37.5 Å². The molecule has 0 unspecified atom stereocenters. The van der Waals surface area contributed by atoms with Crippen molar-refractivity contribution in [1.82, 2.24) is 9.97 Å². The van der Waals surface area contributed by atoms with Crippen LogP contribution in [0.1, 0.15) is 11.1 Å². The Bertz CT molecular complexity index is 691. The van der Waals surface area contributed by atoms with E-state index in [0.29, 0.717) is 22.9 Å². The molecule has 23 heavy (non-hydrogen) atoms. The maximum atomic E-state index is 5.80. The Balaban J connectivity index is 2.18. The fourth-order valence-corrected chi connectivity index (χ4v) is 1.86. The van der Waals surface area contributed by atoms with Crippen LogP contribution in [0.4, 0.5) is 5.82 Å². The maximum absolute atomic E-state index is 5.80. The van der Waals surface area contributed by atoms with Crippen molar-refractivity contribution in [3.63, 3.8) is 0 Å². The predicted molar refractivity (Wildman–Crippen MR) is 84.9 cm³/mol. The number of nitrogen functional groups attached to an aromatic ring is 1. The van der Waals surface area contributed by atoms with Crippen molar-refractivity contribution in [2.24, 2.45) is 5.16 Å². The van der Waals surface area contributed by atoms with Gasteiger partial charge in [-0.15, -0.1) is 0 Å². The van der Waals surface area contributed by atoms with Crippen molar-refractivity contribution in [3.05, 3.63) is 35.7 Å². The molecule has 2 aromatic rings. The molecule has 0 aliphatic heterocycles. The minimum absolute atomic E-state index is 0.253. The van der Waals surface area contributed by atoms with Gasteiger partial charge in [-0.1, -0.05) is 11.2 Å². The topological polar surface area (TPSA) is 101 Å². The Morgan fingerprint density at radius 1 is 1.13 bits per heavy atom. The Morgan fingerprint density at radius 3 is 2.61 bits per heavy atom. The Hall–Kier alpha value is -3.03. The number of aromatic nitrogens is 2. The first-order valence-electron chi connectivity index (χ1n) is 6.70. The monoisotopic (exact) mass is 318 g/mol. The van der Waals surface area contributed by atoms with Gasteiger partial charge >= 0.3 is 0 Å². The third kappa shape index (κ3) is 4.00. The molecule has 0 atom stereocenters. The number of methoxy groups -OCH3 is 2. The van der Waals surface area contributed by atoms with E-state index < -0.39 is 0 Å². The highest BCUT2D eigenvalue weighted by Gasteiger charge is 2.10. The first-order valence-corrected chi connectivity index (χ1v) is 6.70. The molecule has 0 amide bonds. The summed E-state index contributed by atoms with van der Waals surface area (Å²) >= 11 is 0. The average molecular weight is 318 g/mol. The van der Waals surface area contributed by atoms with Gasteiger partial charge in [0, 0.05) is 0 Å². The zero-order valence-corrected chi connectivity index (χ0v) is 13.1. The van der Waals surface area contributed by atoms with Crippen LogP contribution in [-0.2, 0) is 11.4 Å². The SMILES string of the molecule is CO/N=C\c1c(N)ncnc1OCc1ccc(OC)c(OC)c1. The van der Waals surface area contributed by atoms with Crippen LogP contribution >= 0.6 is 0 Å². The minimum atomic E-state index is 0.253. The number of benzene rings is 1. The highest BCUT2D eigenvalue weighted by molar-refractivity contribution is 5.87. The van der Waals surface area contributed by atoms with E-state index in [-0.39, 0.29) is 12.4 Å². The summed E-state index contributed by atoms with van der Waals surface area (Å²) in [4.78, 5) is 12.6. The lowest BCUT2D eigenvalue weighted by molar-refractivity contribution is 0.215. The number of anilines is 1. The summed E-state index contributed by atoms with van der Waals surface area (Å²) < 4.78 is 16.2. The number of oxime groups is 1. The highest BCUT2D eigenvalue weighted by Crippen LogP contribution is 2.28. The average Bonchev–Trinajstić information content (AvgIpc) is 2.58.